The highest BCUT2D eigenvalue weighted by atomic mass is 32.2. The number of sulfonamides is 1. The molecule has 1 aliphatic carbocycles. The molecule has 1 aliphatic heterocycles. The first-order chi connectivity index (χ1) is 15.9. The Kier molecular flexibility index (Phi) is 8.62. The van der Waals surface area contributed by atoms with Crippen molar-refractivity contribution in [3.05, 3.63) is 29.3 Å². The Morgan fingerprint density at radius 2 is 1.85 bits per heavy atom. The van der Waals surface area contributed by atoms with Gasteiger partial charge in [-0.1, -0.05) is 6.07 Å². The van der Waals surface area contributed by atoms with Gasteiger partial charge in [0, 0.05) is 39.6 Å². The van der Waals surface area contributed by atoms with Crippen LogP contribution in [-0.2, 0) is 32.4 Å². The number of nitrogens with one attached hydrogen (secondary N) is 1. The van der Waals surface area contributed by atoms with Gasteiger partial charge in [0.1, 0.15) is 5.60 Å². The predicted molar refractivity (Wildman–Crippen MR) is 131 cm³/mol. The summed E-state index contributed by atoms with van der Waals surface area (Å²) in [4.78, 5) is 28.6. The summed E-state index contributed by atoms with van der Waals surface area (Å²) in [5.41, 5.74) is 1.80. The largest absolute Gasteiger partial charge is 0.444 e. The van der Waals surface area contributed by atoms with Gasteiger partial charge in [0.15, 0.2) is 0 Å². The van der Waals surface area contributed by atoms with E-state index in [2.05, 4.69) is 4.72 Å². The quantitative estimate of drug-likeness (QED) is 0.629. The number of amides is 2. The second kappa shape index (κ2) is 11.1. The molecule has 1 heterocycles. The van der Waals surface area contributed by atoms with Gasteiger partial charge >= 0.3 is 6.09 Å². The summed E-state index contributed by atoms with van der Waals surface area (Å²) in [5, 5.41) is 0. The first kappa shape index (κ1) is 26.5. The number of ether oxygens (including phenoxy) is 1. The van der Waals surface area contributed by atoms with Crippen LogP contribution in [0.25, 0.3) is 0 Å². The first-order valence-corrected chi connectivity index (χ1v) is 13.8. The van der Waals surface area contributed by atoms with Crippen molar-refractivity contribution in [2.24, 2.45) is 5.92 Å². The van der Waals surface area contributed by atoms with E-state index in [4.69, 9.17) is 4.74 Å². The highest BCUT2D eigenvalue weighted by Crippen LogP contribution is 2.24. The number of carbonyl (C=O) groups excluding carboxylic acids is 2. The van der Waals surface area contributed by atoms with Gasteiger partial charge in [0.2, 0.25) is 15.9 Å². The molecule has 0 radical (unpaired) electrons. The van der Waals surface area contributed by atoms with Crippen LogP contribution in [-0.4, -0.2) is 69.0 Å². The van der Waals surface area contributed by atoms with Crippen LogP contribution in [0.5, 0.6) is 0 Å². The molecule has 34 heavy (non-hydrogen) atoms. The molecular formula is C25H39N3O5S. The van der Waals surface area contributed by atoms with Gasteiger partial charge in [-0.25, -0.2) is 17.9 Å². The van der Waals surface area contributed by atoms with E-state index in [0.29, 0.717) is 19.6 Å². The fourth-order valence-electron chi connectivity index (χ4n) is 4.65. The number of piperidine rings is 1. The maximum atomic E-state index is 12.8. The number of aryl methyl sites for hydroxylation is 2. The molecule has 1 unspecified atom stereocenters. The first-order valence-electron chi connectivity index (χ1n) is 12.3. The lowest BCUT2D eigenvalue weighted by atomic mass is 9.92. The molecule has 0 saturated carbocycles. The van der Waals surface area contributed by atoms with E-state index in [9.17, 15) is 18.0 Å². The Labute approximate surface area is 204 Å². The van der Waals surface area contributed by atoms with E-state index in [1.807, 2.05) is 26.8 Å². The molecule has 9 heteroatoms. The lowest BCUT2D eigenvalue weighted by molar-refractivity contribution is -0.132. The smallest absolute Gasteiger partial charge is 0.410 e. The van der Waals surface area contributed by atoms with Crippen molar-refractivity contribution in [1.82, 2.24) is 14.5 Å². The van der Waals surface area contributed by atoms with Crippen molar-refractivity contribution >= 4 is 22.0 Å². The van der Waals surface area contributed by atoms with Crippen LogP contribution in [0.4, 0.5) is 4.79 Å². The van der Waals surface area contributed by atoms with E-state index in [-0.39, 0.29) is 35.8 Å². The summed E-state index contributed by atoms with van der Waals surface area (Å²) in [6.45, 7) is 7.30. The van der Waals surface area contributed by atoms with Crippen LogP contribution in [0.3, 0.4) is 0 Å². The maximum Gasteiger partial charge on any atom is 0.410 e. The van der Waals surface area contributed by atoms with Gasteiger partial charge < -0.3 is 14.5 Å². The van der Waals surface area contributed by atoms with E-state index >= 15 is 0 Å². The molecule has 1 aromatic rings. The van der Waals surface area contributed by atoms with Crippen LogP contribution in [0.1, 0.15) is 64.0 Å². The maximum absolute atomic E-state index is 12.8. The van der Waals surface area contributed by atoms with Gasteiger partial charge in [-0.3, -0.25) is 4.79 Å². The number of hydrogen-bond donors (Lipinski definition) is 1. The minimum atomic E-state index is -3.65. The van der Waals surface area contributed by atoms with Crippen molar-refractivity contribution in [1.29, 1.82) is 0 Å². The van der Waals surface area contributed by atoms with E-state index < -0.39 is 15.6 Å². The lowest BCUT2D eigenvalue weighted by Crippen LogP contribution is -2.45. The lowest BCUT2D eigenvalue weighted by Gasteiger charge is -2.35. The monoisotopic (exact) mass is 493 g/mol. The molecular weight excluding hydrogens is 454 g/mol. The minimum absolute atomic E-state index is 0.0667. The fourth-order valence-corrected chi connectivity index (χ4v) is 5.74. The topological polar surface area (TPSA) is 96.0 Å². The Hall–Kier alpha value is -2.13. The SMILES string of the molecule is CN(CC1CCCN(C(=O)CCNS(=O)(=O)c2ccc3c(c2)CCCC3)C1)C(=O)OC(C)(C)C. The van der Waals surface area contributed by atoms with Crippen molar-refractivity contribution in [3.63, 3.8) is 0 Å². The molecule has 0 aromatic heterocycles. The number of hydrogen-bond acceptors (Lipinski definition) is 5. The van der Waals surface area contributed by atoms with Crippen molar-refractivity contribution in [3.8, 4) is 0 Å². The highest BCUT2D eigenvalue weighted by molar-refractivity contribution is 7.89. The van der Waals surface area contributed by atoms with Crippen molar-refractivity contribution < 1.29 is 22.7 Å². The highest BCUT2D eigenvalue weighted by Gasteiger charge is 2.27. The number of rotatable bonds is 7. The number of fused-ring (bicyclic) bond motifs is 1. The molecule has 1 aromatic carbocycles. The third kappa shape index (κ3) is 7.43. The van der Waals surface area contributed by atoms with E-state index in [1.165, 1.54) is 5.56 Å². The Morgan fingerprint density at radius 3 is 2.56 bits per heavy atom. The summed E-state index contributed by atoms with van der Waals surface area (Å²) in [7, 11) is -1.94. The summed E-state index contributed by atoms with van der Waals surface area (Å²) >= 11 is 0. The van der Waals surface area contributed by atoms with Crippen LogP contribution < -0.4 is 4.72 Å². The molecule has 2 amide bonds. The summed E-state index contributed by atoms with van der Waals surface area (Å²) in [6, 6.07) is 5.34. The van der Waals surface area contributed by atoms with Gasteiger partial charge in [-0.05, 0) is 88.5 Å². The zero-order valence-corrected chi connectivity index (χ0v) is 21.7. The van der Waals surface area contributed by atoms with Crippen LogP contribution in [0, 0.1) is 5.92 Å². The van der Waals surface area contributed by atoms with E-state index in [1.54, 1.807) is 29.0 Å². The molecule has 2 aliphatic rings. The van der Waals surface area contributed by atoms with Gasteiger partial charge in [0.25, 0.3) is 0 Å². The zero-order valence-electron chi connectivity index (χ0n) is 20.9. The molecule has 1 N–H and O–H groups in total. The Balaban J connectivity index is 1.47. The van der Waals surface area contributed by atoms with Crippen LogP contribution >= 0.6 is 0 Å². The fraction of sp³-hybridized carbons (Fsp3) is 0.680. The molecule has 1 saturated heterocycles. The third-order valence-corrected chi connectivity index (χ3v) is 7.83. The second-order valence-electron chi connectivity index (χ2n) is 10.5. The average Bonchev–Trinajstić information content (AvgIpc) is 2.77. The average molecular weight is 494 g/mol. The third-order valence-electron chi connectivity index (χ3n) is 6.37. The van der Waals surface area contributed by atoms with Crippen molar-refractivity contribution in [2.75, 3.05) is 33.2 Å². The van der Waals surface area contributed by atoms with Gasteiger partial charge in [-0.2, -0.15) is 0 Å². The molecule has 190 valence electrons. The molecule has 0 bridgehead atoms. The van der Waals surface area contributed by atoms with Crippen molar-refractivity contribution in [2.45, 2.75) is 76.2 Å². The van der Waals surface area contributed by atoms with E-state index in [0.717, 1.165) is 44.1 Å². The Bertz CT molecular complexity index is 987. The number of carbonyl (C=O) groups is 2. The number of benzene rings is 1. The molecule has 1 atom stereocenters. The Morgan fingerprint density at radius 1 is 1.15 bits per heavy atom. The predicted octanol–water partition coefficient (Wildman–Crippen LogP) is 3.34. The summed E-state index contributed by atoms with van der Waals surface area (Å²) in [6.07, 6.45) is 5.68. The zero-order chi connectivity index (χ0) is 24.9. The minimum Gasteiger partial charge on any atom is -0.444 e. The number of nitrogens with zero attached hydrogens (tertiary/aromatic N) is 2. The summed E-state index contributed by atoms with van der Waals surface area (Å²) in [5.74, 6) is 0.0974. The molecule has 1 fully saturated rings. The summed E-state index contributed by atoms with van der Waals surface area (Å²) < 4.78 is 33.4. The van der Waals surface area contributed by atoms with Crippen LogP contribution in [0.15, 0.2) is 23.1 Å². The number of likely N-dealkylation sites (tertiary alicyclic amines) is 1. The van der Waals surface area contributed by atoms with Crippen LogP contribution in [0.2, 0.25) is 0 Å². The molecule has 3 rings (SSSR count). The standard InChI is InChI=1S/C25H39N3O5S/c1-25(2,3)33-24(30)27(4)17-19-8-7-15-28(18-19)23(29)13-14-26-34(31,32)22-12-11-20-9-5-6-10-21(20)16-22/h11-12,16,19,26H,5-10,13-15,17-18H2,1-4H3. The molecule has 0 spiro atoms. The van der Waals surface area contributed by atoms with Gasteiger partial charge in [0.05, 0.1) is 4.90 Å². The molecule has 8 nitrogen and oxygen atoms in total. The van der Waals surface area contributed by atoms with Gasteiger partial charge in [-0.15, -0.1) is 0 Å². The normalized spacial score (nSPS) is 18.8. The second-order valence-corrected chi connectivity index (χ2v) is 12.3.